The summed E-state index contributed by atoms with van der Waals surface area (Å²) in [5, 5.41) is 9.11. The Morgan fingerprint density at radius 1 is 1.18 bits per heavy atom. The minimum atomic E-state index is -0.702. The maximum absolute atomic E-state index is 12.8. The summed E-state index contributed by atoms with van der Waals surface area (Å²) in [4.78, 5) is 42.8. The van der Waals surface area contributed by atoms with E-state index in [1.165, 1.54) is 9.47 Å². The molecule has 1 heterocycles. The third kappa shape index (κ3) is 4.87. The minimum absolute atomic E-state index is 0.0294. The molecule has 152 valence electrons. The summed E-state index contributed by atoms with van der Waals surface area (Å²) in [6, 6.07) is 9.22. The van der Waals surface area contributed by atoms with Crippen LogP contribution in [0.2, 0.25) is 0 Å². The fourth-order valence-electron chi connectivity index (χ4n) is 2.99. The van der Waals surface area contributed by atoms with Gasteiger partial charge in [0.15, 0.2) is 5.69 Å². The molecule has 1 aromatic carbocycles. The number of nitrogens with one attached hydrogen (secondary N) is 1. The maximum Gasteiger partial charge on any atom is 0.330 e. The van der Waals surface area contributed by atoms with E-state index in [1.807, 2.05) is 37.3 Å². The largest absolute Gasteiger partial charge is 0.395 e. The van der Waals surface area contributed by atoms with E-state index in [0.717, 1.165) is 5.56 Å². The van der Waals surface area contributed by atoms with Crippen molar-refractivity contribution in [3.63, 3.8) is 0 Å². The van der Waals surface area contributed by atoms with Gasteiger partial charge in [0.1, 0.15) is 5.82 Å². The van der Waals surface area contributed by atoms with E-state index in [-0.39, 0.29) is 43.7 Å². The lowest BCUT2D eigenvalue weighted by molar-refractivity contribution is -0.119. The Morgan fingerprint density at radius 3 is 2.43 bits per heavy atom. The van der Waals surface area contributed by atoms with Gasteiger partial charge in [-0.2, -0.15) is 0 Å². The molecule has 1 aromatic heterocycles. The van der Waals surface area contributed by atoms with Crippen LogP contribution in [0.5, 0.6) is 0 Å². The van der Waals surface area contributed by atoms with Gasteiger partial charge in [0.2, 0.25) is 5.91 Å². The van der Waals surface area contributed by atoms with Crippen molar-refractivity contribution in [2.24, 2.45) is 0 Å². The second-order valence-electron chi connectivity index (χ2n) is 6.30. The molecule has 0 aliphatic rings. The normalized spacial score (nSPS) is 11.0. The van der Waals surface area contributed by atoms with E-state index in [1.54, 1.807) is 11.8 Å². The standard InChI is InChI=1S/C19H27N5O4/c1-3-22(10-11-25)13-15(26)23(4-2)16-17(20)24(19(28)21-18(16)27)12-14-8-6-5-7-9-14/h5-9,25H,3-4,10-13,20H2,1-2H3,(H,21,27,28). The predicted octanol–water partition coefficient (Wildman–Crippen LogP) is -0.166. The molecule has 0 aliphatic heterocycles. The molecule has 0 saturated carbocycles. The summed E-state index contributed by atoms with van der Waals surface area (Å²) >= 11 is 0. The molecule has 28 heavy (non-hydrogen) atoms. The molecule has 9 heteroatoms. The van der Waals surface area contributed by atoms with Crippen molar-refractivity contribution in [3.05, 3.63) is 56.7 Å². The van der Waals surface area contributed by atoms with Gasteiger partial charge in [-0.15, -0.1) is 0 Å². The number of benzene rings is 1. The molecule has 2 aromatic rings. The van der Waals surface area contributed by atoms with Crippen LogP contribution in [-0.4, -0.2) is 58.3 Å². The van der Waals surface area contributed by atoms with E-state index in [0.29, 0.717) is 13.1 Å². The van der Waals surface area contributed by atoms with Crippen LogP contribution in [0, 0.1) is 0 Å². The van der Waals surface area contributed by atoms with Gasteiger partial charge in [-0.05, 0) is 19.0 Å². The third-order valence-corrected chi connectivity index (χ3v) is 4.51. The highest BCUT2D eigenvalue weighted by atomic mass is 16.3. The van der Waals surface area contributed by atoms with Gasteiger partial charge >= 0.3 is 5.69 Å². The molecule has 0 bridgehead atoms. The van der Waals surface area contributed by atoms with Crippen molar-refractivity contribution in [1.29, 1.82) is 0 Å². The molecule has 1 amide bonds. The SMILES string of the molecule is CCN(CCO)CC(=O)N(CC)c1c(N)n(Cc2ccccc2)c(=O)[nH]c1=O. The molecule has 2 rings (SSSR count). The third-order valence-electron chi connectivity index (χ3n) is 4.51. The zero-order valence-corrected chi connectivity index (χ0v) is 16.2. The molecule has 0 radical (unpaired) electrons. The summed E-state index contributed by atoms with van der Waals surface area (Å²) in [5.41, 5.74) is 5.63. The first kappa shape index (κ1) is 21.4. The summed E-state index contributed by atoms with van der Waals surface area (Å²) in [6.45, 7) is 4.87. The van der Waals surface area contributed by atoms with E-state index in [2.05, 4.69) is 4.98 Å². The van der Waals surface area contributed by atoms with Crippen molar-refractivity contribution < 1.29 is 9.90 Å². The fourth-order valence-corrected chi connectivity index (χ4v) is 2.99. The number of aliphatic hydroxyl groups excluding tert-OH is 1. The monoisotopic (exact) mass is 389 g/mol. The van der Waals surface area contributed by atoms with E-state index < -0.39 is 11.2 Å². The van der Waals surface area contributed by atoms with Crippen LogP contribution in [0.1, 0.15) is 19.4 Å². The van der Waals surface area contributed by atoms with Crippen molar-refractivity contribution in [1.82, 2.24) is 14.5 Å². The number of aromatic nitrogens is 2. The Morgan fingerprint density at radius 2 is 1.86 bits per heavy atom. The fraction of sp³-hybridized carbons (Fsp3) is 0.421. The lowest BCUT2D eigenvalue weighted by Gasteiger charge is -2.26. The lowest BCUT2D eigenvalue weighted by Crippen LogP contribution is -2.45. The van der Waals surface area contributed by atoms with E-state index in [9.17, 15) is 14.4 Å². The van der Waals surface area contributed by atoms with Crippen LogP contribution in [-0.2, 0) is 11.3 Å². The number of likely N-dealkylation sites (N-methyl/N-ethyl adjacent to an activating group) is 2. The van der Waals surface area contributed by atoms with Gasteiger partial charge < -0.3 is 15.7 Å². The first-order valence-corrected chi connectivity index (χ1v) is 9.22. The molecule has 0 saturated heterocycles. The number of rotatable bonds is 9. The quantitative estimate of drug-likeness (QED) is 0.547. The van der Waals surface area contributed by atoms with Gasteiger partial charge in [-0.1, -0.05) is 37.3 Å². The zero-order chi connectivity index (χ0) is 20.7. The zero-order valence-electron chi connectivity index (χ0n) is 16.2. The average molecular weight is 389 g/mol. The number of hydrogen-bond acceptors (Lipinski definition) is 6. The molecule has 0 unspecified atom stereocenters. The minimum Gasteiger partial charge on any atom is -0.395 e. The number of carbonyl (C=O) groups is 1. The van der Waals surface area contributed by atoms with Crippen LogP contribution in [0.4, 0.5) is 11.5 Å². The number of aliphatic hydroxyl groups is 1. The summed E-state index contributed by atoms with van der Waals surface area (Å²) in [5.74, 6) is -0.391. The number of aromatic amines is 1. The Bertz CT molecular complexity index is 907. The Kier molecular flexibility index (Phi) is 7.53. The van der Waals surface area contributed by atoms with Crippen molar-refractivity contribution in [2.75, 3.05) is 43.4 Å². The molecular formula is C19H27N5O4. The molecule has 4 N–H and O–H groups in total. The number of H-pyrrole nitrogens is 1. The van der Waals surface area contributed by atoms with Gasteiger partial charge in [-0.25, -0.2) is 4.79 Å². The van der Waals surface area contributed by atoms with Crippen LogP contribution in [0.3, 0.4) is 0 Å². The molecular weight excluding hydrogens is 362 g/mol. The Labute approximate surface area is 163 Å². The van der Waals surface area contributed by atoms with Gasteiger partial charge in [-0.3, -0.25) is 24.0 Å². The number of anilines is 2. The smallest absolute Gasteiger partial charge is 0.330 e. The highest BCUT2D eigenvalue weighted by Gasteiger charge is 2.24. The number of nitrogen functional groups attached to an aromatic ring is 1. The Hall–Kier alpha value is -2.91. The topological polar surface area (TPSA) is 125 Å². The average Bonchev–Trinajstić information content (AvgIpc) is 2.68. The van der Waals surface area contributed by atoms with Crippen LogP contribution >= 0.6 is 0 Å². The second-order valence-corrected chi connectivity index (χ2v) is 6.30. The maximum atomic E-state index is 12.8. The molecule has 0 spiro atoms. The lowest BCUT2D eigenvalue weighted by atomic mass is 10.2. The number of hydrogen-bond donors (Lipinski definition) is 3. The summed E-state index contributed by atoms with van der Waals surface area (Å²) in [6.07, 6.45) is 0. The summed E-state index contributed by atoms with van der Waals surface area (Å²) in [7, 11) is 0. The van der Waals surface area contributed by atoms with Crippen LogP contribution in [0.25, 0.3) is 0 Å². The predicted molar refractivity (Wildman–Crippen MR) is 109 cm³/mol. The number of nitrogens with zero attached hydrogens (tertiary/aromatic N) is 3. The van der Waals surface area contributed by atoms with Gasteiger partial charge in [0.05, 0.1) is 19.7 Å². The Balaban J connectivity index is 2.42. The van der Waals surface area contributed by atoms with E-state index >= 15 is 0 Å². The number of carbonyl (C=O) groups excluding carboxylic acids is 1. The van der Waals surface area contributed by atoms with Crippen LogP contribution < -0.4 is 21.9 Å². The summed E-state index contributed by atoms with van der Waals surface area (Å²) < 4.78 is 1.24. The highest BCUT2D eigenvalue weighted by molar-refractivity contribution is 5.96. The molecule has 0 aliphatic carbocycles. The molecule has 0 fully saturated rings. The number of amides is 1. The van der Waals surface area contributed by atoms with Crippen molar-refractivity contribution >= 4 is 17.4 Å². The van der Waals surface area contributed by atoms with Crippen molar-refractivity contribution in [3.8, 4) is 0 Å². The van der Waals surface area contributed by atoms with Crippen molar-refractivity contribution in [2.45, 2.75) is 20.4 Å². The highest BCUT2D eigenvalue weighted by Crippen LogP contribution is 2.18. The first-order valence-electron chi connectivity index (χ1n) is 9.22. The van der Waals surface area contributed by atoms with Gasteiger partial charge in [0, 0.05) is 13.1 Å². The molecule has 9 nitrogen and oxygen atoms in total. The molecule has 0 atom stereocenters. The van der Waals surface area contributed by atoms with Gasteiger partial charge in [0.25, 0.3) is 5.56 Å². The number of nitrogens with two attached hydrogens (primary N) is 1. The second kappa shape index (κ2) is 9.86. The van der Waals surface area contributed by atoms with Crippen LogP contribution in [0.15, 0.2) is 39.9 Å². The first-order chi connectivity index (χ1) is 13.4. The van der Waals surface area contributed by atoms with E-state index in [4.69, 9.17) is 10.8 Å².